The first-order chi connectivity index (χ1) is 7.27. The molecule has 15 heavy (non-hydrogen) atoms. The van der Waals surface area contributed by atoms with Crippen LogP contribution >= 0.6 is 22.6 Å². The second-order valence-electron chi connectivity index (χ2n) is 4.48. The van der Waals surface area contributed by atoms with Gasteiger partial charge < -0.3 is 0 Å². The number of carbonyl (C=O) groups excluding carboxylic acids is 1. The van der Waals surface area contributed by atoms with Crippen LogP contribution in [-0.2, 0) is 4.79 Å². The Balaban J connectivity index is 2.07. The molecule has 0 radical (unpaired) electrons. The van der Waals surface area contributed by atoms with Gasteiger partial charge in [-0.15, -0.1) is 0 Å². The highest BCUT2D eigenvalue weighted by molar-refractivity contribution is 14.1. The van der Waals surface area contributed by atoms with Gasteiger partial charge in [0.1, 0.15) is 0 Å². The van der Waals surface area contributed by atoms with E-state index < -0.39 is 0 Å². The molecule has 0 bridgehead atoms. The zero-order valence-corrected chi connectivity index (χ0v) is 11.2. The van der Waals surface area contributed by atoms with E-state index in [0.717, 1.165) is 29.3 Å². The summed E-state index contributed by atoms with van der Waals surface area (Å²) in [4.78, 5) is 11.6. The molecule has 0 unspecified atom stereocenters. The average Bonchev–Trinajstić information content (AvgIpc) is 2.26. The number of hydrogen-bond donors (Lipinski definition) is 0. The lowest BCUT2D eigenvalue weighted by molar-refractivity contribution is -0.115. The van der Waals surface area contributed by atoms with Gasteiger partial charge in [-0.2, -0.15) is 0 Å². The van der Waals surface area contributed by atoms with Crippen molar-refractivity contribution in [2.75, 3.05) is 0 Å². The van der Waals surface area contributed by atoms with E-state index in [1.165, 1.54) is 31.3 Å². The van der Waals surface area contributed by atoms with E-state index in [-0.39, 0.29) is 0 Å². The van der Waals surface area contributed by atoms with E-state index in [0.29, 0.717) is 5.78 Å². The third-order valence-electron chi connectivity index (χ3n) is 3.26. The van der Waals surface area contributed by atoms with E-state index in [9.17, 15) is 4.79 Å². The number of ketones is 1. The van der Waals surface area contributed by atoms with E-state index in [4.69, 9.17) is 0 Å². The SMILES string of the molecule is O=C1CCCC(CC2=CCCCC2)=C1I. The largest absolute Gasteiger partial charge is 0.294 e. The van der Waals surface area contributed by atoms with Gasteiger partial charge in [0, 0.05) is 6.42 Å². The highest BCUT2D eigenvalue weighted by Gasteiger charge is 2.19. The van der Waals surface area contributed by atoms with Crippen molar-refractivity contribution in [2.45, 2.75) is 51.4 Å². The fourth-order valence-electron chi connectivity index (χ4n) is 2.38. The minimum absolute atomic E-state index is 0.369. The molecule has 0 spiro atoms. The molecule has 82 valence electrons. The van der Waals surface area contributed by atoms with Crippen LogP contribution in [0.3, 0.4) is 0 Å². The average molecular weight is 316 g/mol. The Morgan fingerprint density at radius 2 is 2.00 bits per heavy atom. The van der Waals surface area contributed by atoms with Crippen molar-refractivity contribution in [2.24, 2.45) is 0 Å². The summed E-state index contributed by atoms with van der Waals surface area (Å²) in [6.07, 6.45) is 11.6. The van der Waals surface area contributed by atoms with E-state index >= 15 is 0 Å². The number of Topliss-reactive ketones (excluding diaryl/α,β-unsaturated/α-hetero) is 1. The number of rotatable bonds is 2. The van der Waals surface area contributed by atoms with Crippen LogP contribution in [0, 0.1) is 0 Å². The second kappa shape index (κ2) is 5.28. The molecule has 0 aromatic heterocycles. The van der Waals surface area contributed by atoms with Crippen LogP contribution in [-0.4, -0.2) is 5.78 Å². The Hall–Kier alpha value is -0.120. The summed E-state index contributed by atoms with van der Waals surface area (Å²) < 4.78 is 1.03. The zero-order valence-electron chi connectivity index (χ0n) is 9.02. The first-order valence-electron chi connectivity index (χ1n) is 5.86. The molecule has 0 aromatic rings. The number of halogens is 1. The summed E-state index contributed by atoms with van der Waals surface area (Å²) in [6.45, 7) is 0. The van der Waals surface area contributed by atoms with Crippen LogP contribution in [0.4, 0.5) is 0 Å². The predicted octanol–water partition coefficient (Wildman–Crippen LogP) is 4.32. The predicted molar refractivity (Wildman–Crippen MR) is 71.1 cm³/mol. The Kier molecular flexibility index (Phi) is 4.00. The van der Waals surface area contributed by atoms with Gasteiger partial charge in [0.05, 0.1) is 3.58 Å². The summed E-state index contributed by atoms with van der Waals surface area (Å²) in [5.41, 5.74) is 2.97. The highest BCUT2D eigenvalue weighted by Crippen LogP contribution is 2.33. The molecular formula is C13H17IO. The molecule has 0 aromatic carbocycles. The lowest BCUT2D eigenvalue weighted by Crippen LogP contribution is -2.08. The molecule has 0 saturated carbocycles. The minimum atomic E-state index is 0.369. The van der Waals surface area contributed by atoms with Gasteiger partial charge in [-0.1, -0.05) is 11.6 Å². The topological polar surface area (TPSA) is 17.1 Å². The fraction of sp³-hybridized carbons (Fsp3) is 0.615. The standard InChI is InChI=1S/C13H17IO/c14-13-11(7-4-8-12(13)15)9-10-5-2-1-3-6-10/h5H,1-4,6-9H2. The normalized spacial score (nSPS) is 23.0. The lowest BCUT2D eigenvalue weighted by atomic mass is 9.89. The maximum atomic E-state index is 11.6. The Morgan fingerprint density at radius 1 is 1.13 bits per heavy atom. The van der Waals surface area contributed by atoms with Gasteiger partial charge in [-0.05, 0) is 73.1 Å². The third kappa shape index (κ3) is 2.92. The highest BCUT2D eigenvalue weighted by atomic mass is 127. The first kappa shape index (κ1) is 11.4. The molecule has 2 aliphatic rings. The van der Waals surface area contributed by atoms with E-state index in [1.54, 1.807) is 5.57 Å². The van der Waals surface area contributed by atoms with Gasteiger partial charge in [0.2, 0.25) is 0 Å². The van der Waals surface area contributed by atoms with Crippen LogP contribution < -0.4 is 0 Å². The number of carbonyl (C=O) groups is 1. The van der Waals surface area contributed by atoms with Crippen LogP contribution in [0.2, 0.25) is 0 Å². The van der Waals surface area contributed by atoms with Crippen molar-refractivity contribution >= 4 is 28.4 Å². The number of allylic oxidation sites excluding steroid dienone is 4. The van der Waals surface area contributed by atoms with Gasteiger partial charge in [0.25, 0.3) is 0 Å². The summed E-state index contributed by atoms with van der Waals surface area (Å²) >= 11 is 2.24. The molecule has 1 nitrogen and oxygen atoms in total. The van der Waals surface area contributed by atoms with Gasteiger partial charge in [0.15, 0.2) is 5.78 Å². The van der Waals surface area contributed by atoms with Crippen LogP contribution in [0.5, 0.6) is 0 Å². The summed E-state index contributed by atoms with van der Waals surface area (Å²) in [5.74, 6) is 0.369. The van der Waals surface area contributed by atoms with Crippen molar-refractivity contribution < 1.29 is 4.79 Å². The van der Waals surface area contributed by atoms with Gasteiger partial charge in [-0.25, -0.2) is 0 Å². The maximum absolute atomic E-state index is 11.6. The molecule has 2 heteroatoms. The Labute approximate surface area is 105 Å². The molecule has 0 saturated heterocycles. The minimum Gasteiger partial charge on any atom is -0.294 e. The molecule has 2 aliphatic carbocycles. The molecule has 0 aliphatic heterocycles. The molecule has 0 atom stereocenters. The van der Waals surface area contributed by atoms with E-state index in [2.05, 4.69) is 28.7 Å². The fourth-order valence-corrected chi connectivity index (χ4v) is 3.11. The molecule has 0 N–H and O–H groups in total. The quantitative estimate of drug-likeness (QED) is 0.548. The molecule has 2 rings (SSSR count). The molecule has 0 amide bonds. The van der Waals surface area contributed by atoms with Crippen molar-refractivity contribution in [3.63, 3.8) is 0 Å². The monoisotopic (exact) mass is 316 g/mol. The van der Waals surface area contributed by atoms with Crippen molar-refractivity contribution in [1.82, 2.24) is 0 Å². The molecule has 0 fully saturated rings. The van der Waals surface area contributed by atoms with Crippen LogP contribution in [0.15, 0.2) is 20.8 Å². The van der Waals surface area contributed by atoms with Crippen molar-refractivity contribution in [1.29, 1.82) is 0 Å². The number of hydrogen-bond acceptors (Lipinski definition) is 1. The summed E-state index contributed by atoms with van der Waals surface area (Å²) in [5, 5.41) is 0. The third-order valence-corrected chi connectivity index (χ3v) is 4.63. The van der Waals surface area contributed by atoms with Crippen molar-refractivity contribution in [3.8, 4) is 0 Å². The van der Waals surface area contributed by atoms with Crippen LogP contribution in [0.25, 0.3) is 0 Å². The molecule has 0 heterocycles. The van der Waals surface area contributed by atoms with Crippen molar-refractivity contribution in [3.05, 3.63) is 20.8 Å². The van der Waals surface area contributed by atoms with Crippen LogP contribution in [0.1, 0.15) is 51.4 Å². The lowest BCUT2D eigenvalue weighted by Gasteiger charge is -2.19. The summed E-state index contributed by atoms with van der Waals surface area (Å²) in [6, 6.07) is 0. The zero-order chi connectivity index (χ0) is 10.7. The van der Waals surface area contributed by atoms with E-state index in [1.807, 2.05) is 0 Å². The Morgan fingerprint density at radius 3 is 2.73 bits per heavy atom. The first-order valence-corrected chi connectivity index (χ1v) is 6.94. The maximum Gasteiger partial charge on any atom is 0.168 e. The van der Waals surface area contributed by atoms with Gasteiger partial charge in [-0.3, -0.25) is 4.79 Å². The van der Waals surface area contributed by atoms with Gasteiger partial charge >= 0.3 is 0 Å². The Bertz CT molecular complexity index is 325. The second-order valence-corrected chi connectivity index (χ2v) is 5.56. The smallest absolute Gasteiger partial charge is 0.168 e. The summed E-state index contributed by atoms with van der Waals surface area (Å²) in [7, 11) is 0. The molecular weight excluding hydrogens is 299 g/mol.